The van der Waals surface area contributed by atoms with Gasteiger partial charge in [0.25, 0.3) is 0 Å². The maximum Gasteiger partial charge on any atom is 0.303 e. The van der Waals surface area contributed by atoms with Gasteiger partial charge in [-0.25, -0.2) is 0 Å². The standard InChI is InChI=1S/C14H22N2O4S/c1-3-4-10-16(2)21(19,20)15-13-7-5-6-12(11-13)8-9-14(17)18/h5-7,11,15H,3-4,8-10H2,1-2H3,(H,17,18). The SMILES string of the molecule is CCCCN(C)S(=O)(=O)Nc1cccc(CCC(=O)O)c1. The quantitative estimate of drug-likeness (QED) is 0.730. The minimum absolute atomic E-state index is 0.0204. The van der Waals surface area contributed by atoms with Crippen LogP contribution < -0.4 is 4.72 Å². The van der Waals surface area contributed by atoms with Crippen molar-refractivity contribution in [3.63, 3.8) is 0 Å². The number of unbranched alkanes of at least 4 members (excludes halogenated alkanes) is 1. The molecule has 0 heterocycles. The van der Waals surface area contributed by atoms with Gasteiger partial charge in [-0.3, -0.25) is 9.52 Å². The van der Waals surface area contributed by atoms with Gasteiger partial charge in [-0.05, 0) is 30.5 Å². The molecule has 118 valence electrons. The molecule has 0 aliphatic carbocycles. The average molecular weight is 314 g/mol. The summed E-state index contributed by atoms with van der Waals surface area (Å²) < 4.78 is 28.0. The molecule has 0 atom stereocenters. The van der Waals surface area contributed by atoms with Crippen LogP contribution in [0, 0.1) is 0 Å². The van der Waals surface area contributed by atoms with Crippen LogP contribution in [0.15, 0.2) is 24.3 Å². The summed E-state index contributed by atoms with van der Waals surface area (Å²) in [6, 6.07) is 6.80. The van der Waals surface area contributed by atoms with Crippen molar-refractivity contribution in [3.8, 4) is 0 Å². The third-order valence-corrected chi connectivity index (χ3v) is 4.54. The number of nitrogens with one attached hydrogen (secondary N) is 1. The molecule has 7 heteroatoms. The Balaban J connectivity index is 2.73. The van der Waals surface area contributed by atoms with Crippen molar-refractivity contribution in [1.29, 1.82) is 0 Å². The van der Waals surface area contributed by atoms with Crippen molar-refractivity contribution in [1.82, 2.24) is 4.31 Å². The van der Waals surface area contributed by atoms with E-state index in [9.17, 15) is 13.2 Å². The maximum atomic E-state index is 12.1. The van der Waals surface area contributed by atoms with Crippen LogP contribution in [0.1, 0.15) is 31.7 Å². The highest BCUT2D eigenvalue weighted by molar-refractivity contribution is 7.90. The molecule has 1 aromatic carbocycles. The minimum Gasteiger partial charge on any atom is -0.481 e. The monoisotopic (exact) mass is 314 g/mol. The van der Waals surface area contributed by atoms with Gasteiger partial charge < -0.3 is 5.11 Å². The van der Waals surface area contributed by atoms with E-state index in [1.54, 1.807) is 24.3 Å². The predicted octanol–water partition coefficient (Wildman–Crippen LogP) is 2.09. The van der Waals surface area contributed by atoms with Crippen molar-refractivity contribution in [2.45, 2.75) is 32.6 Å². The van der Waals surface area contributed by atoms with Crippen molar-refractivity contribution in [3.05, 3.63) is 29.8 Å². The van der Waals surface area contributed by atoms with Crippen LogP contribution in [0.2, 0.25) is 0 Å². The fourth-order valence-corrected chi connectivity index (χ4v) is 2.72. The maximum absolute atomic E-state index is 12.1. The molecular weight excluding hydrogens is 292 g/mol. The molecule has 6 nitrogen and oxygen atoms in total. The average Bonchev–Trinajstić information content (AvgIpc) is 2.42. The summed E-state index contributed by atoms with van der Waals surface area (Å²) in [4.78, 5) is 10.6. The summed E-state index contributed by atoms with van der Waals surface area (Å²) >= 11 is 0. The van der Waals surface area contributed by atoms with Gasteiger partial charge in [-0.2, -0.15) is 12.7 Å². The van der Waals surface area contributed by atoms with E-state index < -0.39 is 16.2 Å². The third kappa shape index (κ3) is 6.14. The number of hydrogen-bond acceptors (Lipinski definition) is 3. The molecule has 21 heavy (non-hydrogen) atoms. The van der Waals surface area contributed by atoms with Gasteiger partial charge in [0.15, 0.2) is 0 Å². The Morgan fingerprint density at radius 3 is 2.71 bits per heavy atom. The number of aliphatic carboxylic acids is 1. The zero-order valence-electron chi connectivity index (χ0n) is 12.4. The Hall–Kier alpha value is -1.60. The predicted molar refractivity (Wildman–Crippen MR) is 82.5 cm³/mol. The van der Waals surface area contributed by atoms with E-state index in [4.69, 9.17) is 5.11 Å². The van der Waals surface area contributed by atoms with Crippen LogP contribution in [0.3, 0.4) is 0 Å². The fourth-order valence-electron chi connectivity index (χ4n) is 1.77. The Morgan fingerprint density at radius 2 is 2.10 bits per heavy atom. The first-order chi connectivity index (χ1) is 9.85. The van der Waals surface area contributed by atoms with Crippen LogP contribution in [0.5, 0.6) is 0 Å². The Bertz CT molecular complexity index is 572. The van der Waals surface area contributed by atoms with Crippen molar-refractivity contribution in [2.24, 2.45) is 0 Å². The van der Waals surface area contributed by atoms with Gasteiger partial charge in [-0.1, -0.05) is 25.5 Å². The molecule has 1 aromatic rings. The smallest absolute Gasteiger partial charge is 0.303 e. The van der Waals surface area contributed by atoms with Crippen LogP contribution >= 0.6 is 0 Å². The molecule has 0 fully saturated rings. The largest absolute Gasteiger partial charge is 0.481 e. The zero-order valence-corrected chi connectivity index (χ0v) is 13.2. The van der Waals surface area contributed by atoms with Gasteiger partial charge in [-0.15, -0.1) is 0 Å². The van der Waals surface area contributed by atoms with Gasteiger partial charge in [0.05, 0.1) is 5.69 Å². The first-order valence-corrected chi connectivity index (χ1v) is 8.34. The molecule has 0 aliphatic heterocycles. The number of carboxylic acid groups (broad SMARTS) is 1. The summed E-state index contributed by atoms with van der Waals surface area (Å²) in [7, 11) is -2.03. The first-order valence-electron chi connectivity index (χ1n) is 6.90. The van der Waals surface area contributed by atoms with Crippen molar-refractivity contribution >= 4 is 21.9 Å². The second kappa shape index (κ2) is 7.99. The molecule has 0 spiro atoms. The summed E-state index contributed by atoms with van der Waals surface area (Å²) in [6.45, 7) is 2.46. The molecule has 0 saturated carbocycles. The summed E-state index contributed by atoms with van der Waals surface area (Å²) in [5, 5.41) is 8.67. The summed E-state index contributed by atoms with van der Waals surface area (Å²) in [5.74, 6) is -0.875. The molecule has 2 N–H and O–H groups in total. The number of nitrogens with zero attached hydrogens (tertiary/aromatic N) is 1. The number of aryl methyl sites for hydroxylation is 1. The number of carboxylic acids is 1. The number of hydrogen-bond donors (Lipinski definition) is 2. The van der Waals surface area contributed by atoms with Gasteiger partial charge >= 0.3 is 16.2 Å². The molecule has 0 radical (unpaired) electrons. The van der Waals surface area contributed by atoms with Gasteiger partial charge in [0.2, 0.25) is 0 Å². The lowest BCUT2D eigenvalue weighted by Crippen LogP contribution is -2.33. The van der Waals surface area contributed by atoms with E-state index in [0.717, 1.165) is 18.4 Å². The summed E-state index contributed by atoms with van der Waals surface area (Å²) in [6.07, 6.45) is 2.11. The second-order valence-electron chi connectivity index (χ2n) is 4.88. The Kier molecular flexibility index (Phi) is 6.64. The molecule has 0 aromatic heterocycles. The lowest BCUT2D eigenvalue weighted by atomic mass is 10.1. The molecular formula is C14H22N2O4S. The molecule has 1 rings (SSSR count). The van der Waals surface area contributed by atoms with E-state index in [-0.39, 0.29) is 6.42 Å². The fraction of sp³-hybridized carbons (Fsp3) is 0.500. The van der Waals surface area contributed by atoms with Gasteiger partial charge in [0.1, 0.15) is 0 Å². The normalized spacial score (nSPS) is 11.6. The molecule has 0 bridgehead atoms. The van der Waals surface area contributed by atoms with Crippen molar-refractivity contribution in [2.75, 3.05) is 18.3 Å². The number of anilines is 1. The number of carbonyl (C=O) groups is 1. The summed E-state index contributed by atoms with van der Waals surface area (Å²) in [5.41, 5.74) is 1.23. The van der Waals surface area contributed by atoms with Crippen LogP contribution in [-0.2, 0) is 21.4 Å². The highest BCUT2D eigenvalue weighted by atomic mass is 32.2. The van der Waals surface area contributed by atoms with E-state index in [0.29, 0.717) is 18.7 Å². The minimum atomic E-state index is -3.57. The molecule has 0 aliphatic rings. The Labute approximate surface area is 126 Å². The van der Waals surface area contributed by atoms with Crippen LogP contribution in [0.4, 0.5) is 5.69 Å². The molecule has 0 unspecified atom stereocenters. The highest BCUT2D eigenvalue weighted by Gasteiger charge is 2.16. The zero-order chi connectivity index (χ0) is 15.9. The lowest BCUT2D eigenvalue weighted by molar-refractivity contribution is -0.136. The third-order valence-electron chi connectivity index (χ3n) is 3.04. The van der Waals surface area contributed by atoms with E-state index in [2.05, 4.69) is 4.72 Å². The van der Waals surface area contributed by atoms with Crippen LogP contribution in [0.25, 0.3) is 0 Å². The topological polar surface area (TPSA) is 86.7 Å². The second-order valence-corrected chi connectivity index (χ2v) is 6.65. The Morgan fingerprint density at radius 1 is 1.38 bits per heavy atom. The first kappa shape index (κ1) is 17.5. The van der Waals surface area contributed by atoms with E-state index in [1.165, 1.54) is 11.4 Å². The van der Waals surface area contributed by atoms with Crippen molar-refractivity contribution < 1.29 is 18.3 Å². The van der Waals surface area contributed by atoms with Gasteiger partial charge in [0, 0.05) is 20.0 Å². The number of benzene rings is 1. The molecule has 0 saturated heterocycles. The highest BCUT2D eigenvalue weighted by Crippen LogP contribution is 2.15. The van der Waals surface area contributed by atoms with Crippen LogP contribution in [-0.4, -0.2) is 37.4 Å². The van der Waals surface area contributed by atoms with E-state index in [1.807, 2.05) is 6.92 Å². The lowest BCUT2D eigenvalue weighted by Gasteiger charge is -2.18. The number of rotatable bonds is 9. The molecule has 0 amide bonds. The van der Waals surface area contributed by atoms with E-state index >= 15 is 0 Å².